The SMILES string of the molecule is Cc1ccc(OP(=O)(Oc2ccc(C)cc2)Oc2ccc(C)cc2)cc1.[AlH3]. The van der Waals surface area contributed by atoms with Crippen molar-refractivity contribution in [3.63, 3.8) is 0 Å². The second kappa shape index (κ2) is 9.15. The minimum absolute atomic E-state index is 0. The Labute approximate surface area is 170 Å². The average molecular weight is 398 g/mol. The van der Waals surface area contributed by atoms with Gasteiger partial charge in [-0.25, -0.2) is 0 Å². The first kappa shape index (κ1) is 21.1. The Hall–Kier alpha value is -2.18. The van der Waals surface area contributed by atoms with Crippen molar-refractivity contribution in [1.82, 2.24) is 0 Å². The van der Waals surface area contributed by atoms with Crippen molar-refractivity contribution < 1.29 is 18.1 Å². The standard InChI is InChI=1S/C21H21O4P.Al.3H/c1-16-4-10-19(11-5-16)23-26(22,24-20-12-6-17(2)7-13-20)25-21-14-8-18(3)9-15-21;;;;/h4-15H,1-3H3;;;;. The fraction of sp³-hybridized carbons (Fsp3) is 0.143. The molecule has 0 amide bonds. The molecule has 3 aromatic rings. The molecule has 3 aromatic carbocycles. The molecule has 4 nitrogen and oxygen atoms in total. The summed E-state index contributed by atoms with van der Waals surface area (Å²) < 4.78 is 30.2. The van der Waals surface area contributed by atoms with Gasteiger partial charge in [-0.05, 0) is 57.2 Å². The molecule has 27 heavy (non-hydrogen) atoms. The van der Waals surface area contributed by atoms with Gasteiger partial charge in [0.1, 0.15) is 17.2 Å². The predicted octanol–water partition coefficient (Wildman–Crippen LogP) is 5.07. The Kier molecular flexibility index (Phi) is 7.16. The number of hydrogen-bond acceptors (Lipinski definition) is 4. The van der Waals surface area contributed by atoms with Gasteiger partial charge in [0.15, 0.2) is 17.4 Å². The summed E-state index contributed by atoms with van der Waals surface area (Å²) in [5, 5.41) is 0. The summed E-state index contributed by atoms with van der Waals surface area (Å²) in [6, 6.07) is 21.6. The van der Waals surface area contributed by atoms with Gasteiger partial charge in [-0.1, -0.05) is 53.1 Å². The third-order valence-electron chi connectivity index (χ3n) is 3.71. The Morgan fingerprint density at radius 3 is 0.963 bits per heavy atom. The van der Waals surface area contributed by atoms with Crippen LogP contribution in [-0.2, 0) is 4.57 Å². The number of aryl methyl sites for hydroxylation is 3. The first-order valence-corrected chi connectivity index (χ1v) is 9.77. The van der Waals surface area contributed by atoms with Gasteiger partial charge in [0.25, 0.3) is 0 Å². The molecule has 0 N–H and O–H groups in total. The summed E-state index contributed by atoms with van der Waals surface area (Å²) in [6.07, 6.45) is 0. The molecule has 0 unspecified atom stereocenters. The molecule has 0 saturated carbocycles. The summed E-state index contributed by atoms with van der Waals surface area (Å²) in [7, 11) is -3.93. The highest BCUT2D eigenvalue weighted by Crippen LogP contribution is 2.49. The van der Waals surface area contributed by atoms with Crippen molar-refractivity contribution in [1.29, 1.82) is 0 Å². The Bertz CT molecular complexity index is 784. The molecule has 0 bridgehead atoms. The van der Waals surface area contributed by atoms with Crippen LogP contribution in [0.15, 0.2) is 72.8 Å². The molecule has 0 aromatic heterocycles. The van der Waals surface area contributed by atoms with E-state index in [9.17, 15) is 4.57 Å². The Morgan fingerprint density at radius 1 is 0.519 bits per heavy atom. The van der Waals surface area contributed by atoms with E-state index < -0.39 is 7.82 Å². The summed E-state index contributed by atoms with van der Waals surface area (Å²) in [5.74, 6) is 1.24. The molecule has 6 heteroatoms. The third-order valence-corrected chi connectivity index (χ3v) is 5.02. The molecule has 0 spiro atoms. The fourth-order valence-corrected chi connectivity index (χ4v) is 3.49. The molecule has 0 radical (unpaired) electrons. The number of hydrogen-bond donors (Lipinski definition) is 0. The van der Waals surface area contributed by atoms with Crippen LogP contribution < -0.4 is 13.6 Å². The second-order valence-corrected chi connectivity index (χ2v) is 7.60. The molecular weight excluding hydrogens is 374 g/mol. The topological polar surface area (TPSA) is 44.8 Å². The van der Waals surface area contributed by atoms with Crippen molar-refractivity contribution >= 4 is 25.2 Å². The van der Waals surface area contributed by atoms with Crippen molar-refractivity contribution in [2.75, 3.05) is 0 Å². The first-order valence-electron chi connectivity index (χ1n) is 8.31. The maximum absolute atomic E-state index is 13.3. The maximum atomic E-state index is 13.3. The van der Waals surface area contributed by atoms with E-state index in [1.54, 1.807) is 36.4 Å². The van der Waals surface area contributed by atoms with E-state index in [2.05, 4.69) is 0 Å². The number of phosphoric ester groups is 1. The van der Waals surface area contributed by atoms with E-state index in [0.717, 1.165) is 16.7 Å². The van der Waals surface area contributed by atoms with Crippen molar-refractivity contribution in [3.8, 4) is 17.2 Å². The quantitative estimate of drug-likeness (QED) is 0.429. The van der Waals surface area contributed by atoms with Crippen LogP contribution in [0, 0.1) is 20.8 Å². The van der Waals surface area contributed by atoms with Crippen LogP contribution in [0.5, 0.6) is 17.2 Å². The molecule has 0 fully saturated rings. The Balaban J connectivity index is 0.00000261. The van der Waals surface area contributed by atoms with Crippen LogP contribution in [-0.4, -0.2) is 17.4 Å². The van der Waals surface area contributed by atoms with Crippen molar-refractivity contribution in [2.24, 2.45) is 0 Å². The molecule has 0 aliphatic rings. The highest BCUT2D eigenvalue weighted by atomic mass is 31.2. The van der Waals surface area contributed by atoms with Gasteiger partial charge in [-0.2, -0.15) is 4.57 Å². The van der Waals surface area contributed by atoms with Crippen LogP contribution in [0.2, 0.25) is 0 Å². The summed E-state index contributed by atoms with van der Waals surface area (Å²) in [4.78, 5) is 0. The van der Waals surface area contributed by atoms with Crippen LogP contribution in [0.1, 0.15) is 16.7 Å². The van der Waals surface area contributed by atoms with Crippen LogP contribution in [0.25, 0.3) is 0 Å². The highest BCUT2D eigenvalue weighted by molar-refractivity contribution is 7.49. The molecule has 0 atom stereocenters. The largest absolute Gasteiger partial charge is 0.647 e. The van der Waals surface area contributed by atoms with Gasteiger partial charge in [-0.3, -0.25) is 0 Å². The van der Waals surface area contributed by atoms with E-state index in [1.807, 2.05) is 57.2 Å². The summed E-state index contributed by atoms with van der Waals surface area (Å²) >= 11 is 0. The minimum Gasteiger partial charge on any atom is -0.386 e. The average Bonchev–Trinajstić information content (AvgIpc) is 2.61. The van der Waals surface area contributed by atoms with Gasteiger partial charge < -0.3 is 13.6 Å². The fourth-order valence-electron chi connectivity index (χ4n) is 2.24. The summed E-state index contributed by atoms with van der Waals surface area (Å²) in [5.41, 5.74) is 3.23. The van der Waals surface area contributed by atoms with E-state index in [0.29, 0.717) is 17.2 Å². The van der Waals surface area contributed by atoms with Crippen LogP contribution in [0.4, 0.5) is 0 Å². The number of benzene rings is 3. The van der Waals surface area contributed by atoms with Crippen LogP contribution >= 0.6 is 7.82 Å². The maximum Gasteiger partial charge on any atom is 0.647 e. The highest BCUT2D eigenvalue weighted by Gasteiger charge is 2.33. The Morgan fingerprint density at radius 2 is 0.741 bits per heavy atom. The van der Waals surface area contributed by atoms with E-state index in [-0.39, 0.29) is 17.4 Å². The zero-order chi connectivity index (χ0) is 18.6. The van der Waals surface area contributed by atoms with Gasteiger partial charge >= 0.3 is 7.82 Å². The second-order valence-electron chi connectivity index (χ2n) is 6.16. The zero-order valence-corrected chi connectivity index (χ0v) is 15.9. The minimum atomic E-state index is -3.93. The van der Waals surface area contributed by atoms with E-state index >= 15 is 0 Å². The normalized spacial score (nSPS) is 10.6. The van der Waals surface area contributed by atoms with E-state index in [4.69, 9.17) is 13.6 Å². The molecule has 0 saturated heterocycles. The number of phosphoric acid groups is 1. The predicted molar refractivity (Wildman–Crippen MR) is 113 cm³/mol. The molecule has 0 heterocycles. The first-order chi connectivity index (χ1) is 12.4. The lowest BCUT2D eigenvalue weighted by molar-refractivity contribution is 0.298. The van der Waals surface area contributed by atoms with E-state index in [1.165, 1.54) is 0 Å². The molecule has 0 aliphatic carbocycles. The molecule has 140 valence electrons. The lowest BCUT2D eigenvalue weighted by atomic mass is 10.2. The lowest BCUT2D eigenvalue weighted by Gasteiger charge is -2.19. The zero-order valence-electron chi connectivity index (χ0n) is 15.0. The molecule has 0 aliphatic heterocycles. The lowest BCUT2D eigenvalue weighted by Crippen LogP contribution is -2.07. The van der Waals surface area contributed by atoms with Crippen molar-refractivity contribution in [2.45, 2.75) is 20.8 Å². The monoisotopic (exact) mass is 398 g/mol. The van der Waals surface area contributed by atoms with Gasteiger partial charge in [0.2, 0.25) is 0 Å². The van der Waals surface area contributed by atoms with Gasteiger partial charge in [-0.15, -0.1) is 0 Å². The van der Waals surface area contributed by atoms with Gasteiger partial charge in [0, 0.05) is 0 Å². The molecule has 3 rings (SSSR count). The van der Waals surface area contributed by atoms with Crippen LogP contribution in [0.3, 0.4) is 0 Å². The summed E-state index contributed by atoms with van der Waals surface area (Å²) in [6.45, 7) is 5.90. The molecular formula is C21H24AlO4P. The van der Waals surface area contributed by atoms with Crippen molar-refractivity contribution in [3.05, 3.63) is 89.5 Å². The smallest absolute Gasteiger partial charge is 0.386 e. The number of rotatable bonds is 6. The third kappa shape index (κ3) is 6.19. The van der Waals surface area contributed by atoms with Gasteiger partial charge in [0.05, 0.1) is 0 Å².